The molecule has 2 amide bonds. The van der Waals surface area contributed by atoms with Gasteiger partial charge in [0.2, 0.25) is 11.7 Å². The number of ketones is 2. The predicted molar refractivity (Wildman–Crippen MR) is 245 cm³/mol. The van der Waals surface area contributed by atoms with Gasteiger partial charge in [0.15, 0.2) is 11.4 Å². The van der Waals surface area contributed by atoms with Crippen LogP contribution >= 0.6 is 7.26 Å². The topological polar surface area (TPSA) is 194 Å². The molecule has 0 heterocycles. The predicted octanol–water partition coefficient (Wildman–Crippen LogP) is 5.30. The molecule has 0 unspecified atom stereocenters. The van der Waals surface area contributed by atoms with Crippen molar-refractivity contribution >= 4 is 63.7 Å². The lowest BCUT2D eigenvalue weighted by molar-refractivity contribution is -0.153. The van der Waals surface area contributed by atoms with E-state index in [9.17, 15) is 39.6 Å². The number of phenolic OH excluding ortho intramolecular Hbond substituents is 1. The largest absolute Gasteiger partial charge is 0.508 e. The highest BCUT2D eigenvalue weighted by atomic mass is 31.2. The number of nitrogens with zero attached hydrogens (tertiary/aromatic N) is 2. The summed E-state index contributed by atoms with van der Waals surface area (Å²) in [7, 11) is 4.76. The molecule has 0 aliphatic heterocycles. The molecule has 12 nitrogen and oxygen atoms in total. The van der Waals surface area contributed by atoms with Crippen molar-refractivity contribution in [3.8, 4) is 5.75 Å². The minimum Gasteiger partial charge on any atom is -0.508 e. The second-order valence-electron chi connectivity index (χ2n) is 17.1. The third-order valence-corrected chi connectivity index (χ3v) is 17.5. The molecule has 0 radical (unpaired) electrons. The van der Waals surface area contributed by atoms with Crippen molar-refractivity contribution in [2.45, 2.75) is 63.0 Å². The molecule has 0 bridgehead atoms. The molecule has 7 N–H and O–H groups in total. The third kappa shape index (κ3) is 7.69. The van der Waals surface area contributed by atoms with Crippen LogP contribution in [-0.2, 0) is 25.6 Å². The number of phenols is 1. The molecule has 0 aromatic heterocycles. The standard InChI is InChI=1S/C49H55N4O8P/c1-52(2)37-29-36(43(55)40-34(37)27-30-28-35-42(53(3)4)45(57)41(48(50)60)47(59)49(35,61)46(58)39(30)44(40)56)51-38(54)25-17-6-5-7-18-26-62(31-19-11-8-12-20-31,32-21-13-9-14-22-32)33-23-15-10-16-24-33/h8-16,19-24,29-30,35,42,61H,5-7,17-18,25-28H2,1-4H3,(H5-,50,51,54,55,56,57,58,59,60)/p+1/t30-,35-,42-,49-/m0/s1. The van der Waals surface area contributed by atoms with Gasteiger partial charge in [-0.15, -0.1) is 0 Å². The first-order valence-electron chi connectivity index (χ1n) is 21.2. The Morgan fingerprint density at radius 2 is 1.34 bits per heavy atom. The molecular weight excluding hydrogens is 804 g/mol. The van der Waals surface area contributed by atoms with E-state index in [-0.39, 0.29) is 42.0 Å². The zero-order chi connectivity index (χ0) is 44.5. The van der Waals surface area contributed by atoms with Crippen LogP contribution in [0.3, 0.4) is 0 Å². The smallest absolute Gasteiger partial charge is 0.255 e. The molecule has 62 heavy (non-hydrogen) atoms. The van der Waals surface area contributed by atoms with Crippen LogP contribution in [-0.4, -0.2) is 94.7 Å². The van der Waals surface area contributed by atoms with Crippen LogP contribution in [0, 0.1) is 11.8 Å². The zero-order valence-corrected chi connectivity index (χ0v) is 36.6. The molecule has 4 aromatic carbocycles. The Hall–Kier alpha value is -5.81. The number of hydrogen-bond acceptors (Lipinski definition) is 10. The fourth-order valence-electron chi connectivity index (χ4n) is 10.0. The molecule has 4 atom stereocenters. The highest BCUT2D eigenvalue weighted by Gasteiger charge is 2.64. The molecule has 7 rings (SSSR count). The van der Waals surface area contributed by atoms with Crippen LogP contribution in [0.4, 0.5) is 11.4 Å². The molecular formula is C49H56N4O8P+. The van der Waals surface area contributed by atoms with Crippen LogP contribution in [0.15, 0.2) is 114 Å². The summed E-state index contributed by atoms with van der Waals surface area (Å²) >= 11 is 0. The van der Waals surface area contributed by atoms with Crippen molar-refractivity contribution < 1.29 is 39.6 Å². The first-order chi connectivity index (χ1) is 29.6. The van der Waals surface area contributed by atoms with Gasteiger partial charge in [-0.05, 0) is 100 Å². The van der Waals surface area contributed by atoms with Gasteiger partial charge < -0.3 is 36.4 Å². The van der Waals surface area contributed by atoms with E-state index in [0.29, 0.717) is 17.7 Å². The van der Waals surface area contributed by atoms with Gasteiger partial charge in [0.1, 0.15) is 46.0 Å². The Kier molecular flexibility index (Phi) is 12.8. The summed E-state index contributed by atoms with van der Waals surface area (Å²) in [5.41, 5.74) is 2.64. The van der Waals surface area contributed by atoms with Crippen molar-refractivity contribution in [1.82, 2.24) is 4.90 Å². The maximum atomic E-state index is 14.3. The van der Waals surface area contributed by atoms with E-state index in [1.807, 2.05) is 0 Å². The van der Waals surface area contributed by atoms with Crippen molar-refractivity contribution in [3.05, 3.63) is 125 Å². The highest BCUT2D eigenvalue weighted by Crippen LogP contribution is 2.57. The number of carbonyl (C=O) groups is 4. The van der Waals surface area contributed by atoms with E-state index in [1.165, 1.54) is 20.8 Å². The second-order valence-corrected chi connectivity index (χ2v) is 20.7. The number of nitrogens with one attached hydrogen (secondary N) is 1. The van der Waals surface area contributed by atoms with Gasteiger partial charge in [-0.2, -0.15) is 0 Å². The summed E-state index contributed by atoms with van der Waals surface area (Å²) < 4.78 is 0. The summed E-state index contributed by atoms with van der Waals surface area (Å²) in [6.45, 7) is 0. The van der Waals surface area contributed by atoms with E-state index < -0.39 is 71.1 Å². The number of hydrogen-bond donors (Lipinski definition) is 6. The molecule has 13 heteroatoms. The van der Waals surface area contributed by atoms with Crippen molar-refractivity contribution in [2.24, 2.45) is 17.6 Å². The fourth-order valence-corrected chi connectivity index (χ4v) is 14.5. The van der Waals surface area contributed by atoms with Crippen LogP contribution in [0.5, 0.6) is 5.75 Å². The second kappa shape index (κ2) is 17.9. The van der Waals surface area contributed by atoms with Crippen LogP contribution < -0.4 is 31.9 Å². The first-order valence-corrected chi connectivity index (χ1v) is 23.2. The van der Waals surface area contributed by atoms with Gasteiger partial charge in [-0.25, -0.2) is 0 Å². The van der Waals surface area contributed by atoms with Crippen molar-refractivity contribution in [1.29, 1.82) is 0 Å². The van der Waals surface area contributed by atoms with Crippen LogP contribution in [0.1, 0.15) is 56.1 Å². The lowest BCUT2D eigenvalue weighted by atomic mass is 9.57. The number of carbonyl (C=O) groups excluding carboxylic acids is 4. The maximum Gasteiger partial charge on any atom is 0.255 e. The third-order valence-electron chi connectivity index (χ3n) is 12.9. The molecule has 3 aliphatic carbocycles. The summed E-state index contributed by atoms with van der Waals surface area (Å²) in [6.07, 6.45) is 5.76. The summed E-state index contributed by atoms with van der Waals surface area (Å²) in [5, 5.41) is 53.5. The van der Waals surface area contributed by atoms with E-state index in [2.05, 4.69) is 96.3 Å². The Morgan fingerprint density at radius 1 is 0.806 bits per heavy atom. The number of amides is 2. The number of primary amides is 1. The van der Waals surface area contributed by atoms with Gasteiger partial charge in [0.25, 0.3) is 5.91 Å². The summed E-state index contributed by atoms with van der Waals surface area (Å²) in [4.78, 5) is 56.8. The Morgan fingerprint density at radius 3 is 1.85 bits per heavy atom. The number of nitrogens with two attached hydrogens (primary N) is 1. The van der Waals surface area contributed by atoms with Gasteiger partial charge in [-0.3, -0.25) is 24.1 Å². The van der Waals surface area contributed by atoms with E-state index in [4.69, 9.17) is 5.73 Å². The fraction of sp³-hybridized carbons (Fsp3) is 0.347. The number of fused-ring (bicyclic) bond motifs is 3. The average Bonchev–Trinajstić information content (AvgIpc) is 3.24. The number of aliphatic hydroxyl groups excluding tert-OH is 2. The lowest BCUT2D eigenvalue weighted by Crippen LogP contribution is -2.65. The van der Waals surface area contributed by atoms with Crippen molar-refractivity contribution in [3.63, 3.8) is 0 Å². The number of benzene rings is 4. The van der Waals surface area contributed by atoms with E-state index in [1.54, 1.807) is 39.2 Å². The minimum atomic E-state index is -2.74. The summed E-state index contributed by atoms with van der Waals surface area (Å²) in [5.74, 6) is -7.62. The average molecular weight is 860 g/mol. The van der Waals surface area contributed by atoms with Crippen LogP contribution in [0.25, 0.3) is 5.76 Å². The number of anilines is 2. The summed E-state index contributed by atoms with van der Waals surface area (Å²) in [6, 6.07) is 32.9. The quantitative estimate of drug-likeness (QED) is 0.0396. The number of rotatable bonds is 15. The van der Waals surface area contributed by atoms with Crippen LogP contribution in [0.2, 0.25) is 0 Å². The SMILES string of the molecule is CN(C)c1cc(NC(=O)CCCCCCC[P+](c2ccccc2)(c2ccccc2)c2ccccc2)c(O)c2c1C[C@H]1C[C@H]3[C@H](N(C)C)C(=O)C(C(N)=O)=C(O)[C@@]3(O)C(=O)C1=C2O. The maximum absolute atomic E-state index is 14.3. The first kappa shape index (κ1) is 44.3. The number of likely N-dealkylation sites (N-methyl/N-ethyl adjacent to an activating group) is 1. The van der Waals surface area contributed by atoms with E-state index >= 15 is 0 Å². The molecule has 1 fully saturated rings. The molecule has 4 aromatic rings. The number of aliphatic hydroxyl groups is 3. The molecule has 324 valence electrons. The van der Waals surface area contributed by atoms with Gasteiger partial charge >= 0.3 is 0 Å². The number of Topliss-reactive ketones (excluding diaryl/α,β-unsaturated/α-hetero) is 2. The Balaban J connectivity index is 1.05. The van der Waals surface area contributed by atoms with Gasteiger partial charge in [0, 0.05) is 37.7 Å². The molecule has 0 saturated heterocycles. The van der Waals surface area contributed by atoms with Crippen molar-refractivity contribution in [2.75, 3.05) is 44.6 Å². The van der Waals surface area contributed by atoms with E-state index in [0.717, 1.165) is 31.8 Å². The highest BCUT2D eigenvalue weighted by molar-refractivity contribution is 7.95. The molecule has 1 saturated carbocycles. The minimum absolute atomic E-state index is 0.0205. The van der Waals surface area contributed by atoms with Gasteiger partial charge in [0.05, 0.1) is 23.5 Å². The molecule has 3 aliphatic rings. The molecule has 0 spiro atoms. The number of unbranched alkanes of at least 4 members (excludes halogenated alkanes) is 4. The Labute approximate surface area is 363 Å². The number of aromatic hydroxyl groups is 1. The van der Waals surface area contributed by atoms with Gasteiger partial charge in [-0.1, -0.05) is 67.4 Å². The normalized spacial score (nSPS) is 21.0. The Bertz CT molecular complexity index is 2340. The zero-order valence-electron chi connectivity index (χ0n) is 35.7. The lowest BCUT2D eigenvalue weighted by Gasteiger charge is -2.50. The monoisotopic (exact) mass is 859 g/mol.